The van der Waals surface area contributed by atoms with Crippen molar-refractivity contribution in [1.82, 2.24) is 4.90 Å². The molecule has 2 atom stereocenters. The number of hydrogen-bond acceptors (Lipinski definition) is 3. The Labute approximate surface area is 130 Å². The Morgan fingerprint density at radius 2 is 1.95 bits per heavy atom. The first kappa shape index (κ1) is 15.7. The number of carboxylic acid groups (broad SMARTS) is 2. The number of benzene rings is 1. The van der Waals surface area contributed by atoms with E-state index in [2.05, 4.69) is 0 Å². The predicted molar refractivity (Wildman–Crippen MR) is 76.3 cm³/mol. The number of halogens is 2. The van der Waals surface area contributed by atoms with Crippen molar-refractivity contribution in [3.8, 4) is 5.75 Å². The fraction of sp³-hybridized carbons (Fsp3) is 0.385. The molecule has 0 aromatic heterocycles. The first-order valence-electron chi connectivity index (χ1n) is 6.14. The van der Waals surface area contributed by atoms with E-state index >= 15 is 0 Å². The minimum absolute atomic E-state index is 0.179. The summed E-state index contributed by atoms with van der Waals surface area (Å²) in [6, 6.07) is 1.32. The molecule has 8 heteroatoms. The number of rotatable bonds is 3. The van der Waals surface area contributed by atoms with E-state index in [1.165, 1.54) is 7.11 Å². The zero-order chi connectivity index (χ0) is 15.7. The van der Waals surface area contributed by atoms with Gasteiger partial charge in [-0.25, -0.2) is 9.59 Å². The number of carboxylic acids is 1. The predicted octanol–water partition coefficient (Wildman–Crippen LogP) is 3.27. The second-order valence-corrected chi connectivity index (χ2v) is 5.40. The van der Waals surface area contributed by atoms with Gasteiger partial charge >= 0.3 is 12.1 Å². The topological polar surface area (TPSA) is 87.1 Å². The van der Waals surface area contributed by atoms with Crippen LogP contribution < -0.4 is 4.74 Å². The van der Waals surface area contributed by atoms with Crippen molar-refractivity contribution in [2.24, 2.45) is 0 Å². The van der Waals surface area contributed by atoms with Crippen molar-refractivity contribution < 1.29 is 24.5 Å². The third kappa shape index (κ3) is 2.73. The van der Waals surface area contributed by atoms with Crippen LogP contribution in [0.25, 0.3) is 0 Å². The van der Waals surface area contributed by atoms with Crippen LogP contribution in [0.3, 0.4) is 0 Å². The van der Waals surface area contributed by atoms with Crippen LogP contribution in [0.5, 0.6) is 5.75 Å². The van der Waals surface area contributed by atoms with Gasteiger partial charge in [0.1, 0.15) is 11.8 Å². The zero-order valence-electron chi connectivity index (χ0n) is 11.0. The van der Waals surface area contributed by atoms with Gasteiger partial charge in [0.2, 0.25) is 0 Å². The molecule has 0 radical (unpaired) electrons. The van der Waals surface area contributed by atoms with Gasteiger partial charge in [-0.05, 0) is 25.0 Å². The van der Waals surface area contributed by atoms with Gasteiger partial charge in [-0.1, -0.05) is 23.2 Å². The Hall–Kier alpha value is -1.66. The molecule has 1 aromatic rings. The molecule has 0 spiro atoms. The first-order chi connectivity index (χ1) is 9.88. The molecule has 0 bridgehead atoms. The van der Waals surface area contributed by atoms with Crippen molar-refractivity contribution in [2.75, 3.05) is 7.11 Å². The summed E-state index contributed by atoms with van der Waals surface area (Å²) in [6.45, 7) is 0. The van der Waals surface area contributed by atoms with Gasteiger partial charge in [0.25, 0.3) is 0 Å². The summed E-state index contributed by atoms with van der Waals surface area (Å²) < 4.78 is 5.21. The number of aliphatic carboxylic acids is 1. The van der Waals surface area contributed by atoms with Crippen LogP contribution in [-0.4, -0.2) is 40.3 Å². The van der Waals surface area contributed by atoms with Crippen LogP contribution in [0.2, 0.25) is 10.0 Å². The van der Waals surface area contributed by atoms with Gasteiger partial charge in [0, 0.05) is 5.56 Å². The Morgan fingerprint density at radius 3 is 2.48 bits per heavy atom. The normalized spacial score (nSPS) is 21.4. The number of nitrogens with zero attached hydrogens (tertiary/aromatic N) is 1. The van der Waals surface area contributed by atoms with Crippen molar-refractivity contribution in [3.63, 3.8) is 0 Å². The Bertz CT molecular complexity index is 592. The monoisotopic (exact) mass is 333 g/mol. The highest BCUT2D eigenvalue weighted by molar-refractivity contribution is 6.42. The summed E-state index contributed by atoms with van der Waals surface area (Å²) in [5, 5.41) is 18.9. The largest absolute Gasteiger partial charge is 0.496 e. The molecule has 2 N–H and O–H groups in total. The van der Waals surface area contributed by atoms with Crippen molar-refractivity contribution in [3.05, 3.63) is 27.7 Å². The van der Waals surface area contributed by atoms with Gasteiger partial charge in [-0.3, -0.25) is 4.90 Å². The minimum atomic E-state index is -1.32. The van der Waals surface area contributed by atoms with E-state index in [4.69, 9.17) is 33.0 Å². The number of methoxy groups -OCH3 is 1. The molecular weight excluding hydrogens is 321 g/mol. The van der Waals surface area contributed by atoms with Gasteiger partial charge in [0.05, 0.1) is 23.2 Å². The van der Waals surface area contributed by atoms with Crippen LogP contribution in [0.1, 0.15) is 24.4 Å². The summed E-state index contributed by atoms with van der Waals surface area (Å²) >= 11 is 12.2. The molecule has 1 heterocycles. The maximum absolute atomic E-state index is 11.4. The lowest BCUT2D eigenvalue weighted by Crippen LogP contribution is -2.41. The van der Waals surface area contributed by atoms with Gasteiger partial charge in [-0.15, -0.1) is 0 Å². The van der Waals surface area contributed by atoms with Crippen molar-refractivity contribution in [2.45, 2.75) is 24.9 Å². The molecule has 0 aliphatic carbocycles. The molecular formula is C13H13Cl2NO5. The third-order valence-electron chi connectivity index (χ3n) is 3.54. The second kappa shape index (κ2) is 5.99. The van der Waals surface area contributed by atoms with E-state index in [0.717, 1.165) is 4.90 Å². The maximum Gasteiger partial charge on any atom is 0.408 e. The molecule has 1 saturated heterocycles. The van der Waals surface area contributed by atoms with Crippen LogP contribution in [-0.2, 0) is 4.79 Å². The van der Waals surface area contributed by atoms with Crippen LogP contribution in [0.15, 0.2) is 12.1 Å². The smallest absolute Gasteiger partial charge is 0.408 e. The standard InChI is InChI=1S/C13H13Cl2NO5/c1-21-9-5-2-6(14)11(15)10(9)7-3-4-8(12(17)18)16(7)13(19)20/h2,5,7-8H,3-4H2,1H3,(H,17,18)(H,19,20). The molecule has 1 fully saturated rings. The van der Waals surface area contributed by atoms with Crippen LogP contribution in [0, 0.1) is 0 Å². The van der Waals surface area contributed by atoms with E-state index < -0.39 is 24.1 Å². The first-order valence-corrected chi connectivity index (χ1v) is 6.90. The van der Waals surface area contributed by atoms with E-state index in [9.17, 15) is 14.7 Å². The molecule has 1 amide bonds. The summed E-state index contributed by atoms with van der Waals surface area (Å²) in [5.74, 6) is -0.802. The number of amides is 1. The highest BCUT2D eigenvalue weighted by Gasteiger charge is 2.43. The molecule has 2 rings (SSSR count). The second-order valence-electron chi connectivity index (χ2n) is 4.61. The highest BCUT2D eigenvalue weighted by atomic mass is 35.5. The van der Waals surface area contributed by atoms with E-state index in [-0.39, 0.29) is 16.5 Å². The Morgan fingerprint density at radius 1 is 1.29 bits per heavy atom. The van der Waals surface area contributed by atoms with Crippen molar-refractivity contribution in [1.29, 1.82) is 0 Å². The molecule has 1 aliphatic rings. The Balaban J connectivity index is 2.53. The molecule has 1 aromatic carbocycles. The van der Waals surface area contributed by atoms with Gasteiger partial charge in [0.15, 0.2) is 0 Å². The number of ether oxygens (including phenoxy) is 1. The van der Waals surface area contributed by atoms with Gasteiger partial charge in [-0.2, -0.15) is 0 Å². The number of likely N-dealkylation sites (tertiary alicyclic amines) is 1. The lowest BCUT2D eigenvalue weighted by molar-refractivity contribution is -0.142. The molecule has 0 saturated carbocycles. The SMILES string of the molecule is COc1ccc(Cl)c(Cl)c1C1CCC(C(=O)O)N1C(=O)O. The average molecular weight is 334 g/mol. The number of hydrogen-bond donors (Lipinski definition) is 2. The lowest BCUT2D eigenvalue weighted by Gasteiger charge is -2.27. The number of carbonyl (C=O) groups is 2. The highest BCUT2D eigenvalue weighted by Crippen LogP contribution is 2.45. The maximum atomic E-state index is 11.4. The fourth-order valence-corrected chi connectivity index (χ4v) is 3.09. The molecule has 1 aliphatic heterocycles. The summed E-state index contributed by atoms with van der Waals surface area (Å²) in [5.41, 5.74) is 0.401. The van der Waals surface area contributed by atoms with Crippen LogP contribution in [0.4, 0.5) is 4.79 Å². The third-order valence-corrected chi connectivity index (χ3v) is 4.36. The van der Waals surface area contributed by atoms with E-state index in [0.29, 0.717) is 17.7 Å². The Kier molecular flexibility index (Phi) is 4.49. The van der Waals surface area contributed by atoms with Crippen molar-refractivity contribution >= 4 is 35.3 Å². The lowest BCUT2D eigenvalue weighted by atomic mass is 10.0. The molecule has 114 valence electrons. The quantitative estimate of drug-likeness (QED) is 0.886. The zero-order valence-corrected chi connectivity index (χ0v) is 12.6. The average Bonchev–Trinajstić information content (AvgIpc) is 2.86. The fourth-order valence-electron chi connectivity index (χ4n) is 2.64. The molecule has 2 unspecified atom stereocenters. The summed E-state index contributed by atoms with van der Waals surface area (Å²) in [7, 11) is 1.43. The minimum Gasteiger partial charge on any atom is -0.496 e. The van der Waals surface area contributed by atoms with Gasteiger partial charge < -0.3 is 14.9 Å². The van der Waals surface area contributed by atoms with E-state index in [1.54, 1.807) is 12.1 Å². The van der Waals surface area contributed by atoms with E-state index in [1.807, 2.05) is 0 Å². The summed E-state index contributed by atoms with van der Waals surface area (Å²) in [4.78, 5) is 23.5. The van der Waals surface area contributed by atoms with Crippen LogP contribution >= 0.6 is 23.2 Å². The molecule has 21 heavy (non-hydrogen) atoms. The summed E-state index contributed by atoms with van der Waals surface area (Å²) in [6.07, 6.45) is -0.777. The molecule has 6 nitrogen and oxygen atoms in total.